The summed E-state index contributed by atoms with van der Waals surface area (Å²) in [5, 5.41) is 0.469. The highest BCUT2D eigenvalue weighted by Gasteiger charge is 2.36. The maximum Gasteiger partial charge on any atom is 0.181 e. The number of anilines is 1. The fourth-order valence-electron chi connectivity index (χ4n) is 2.18. The van der Waals surface area contributed by atoms with E-state index >= 15 is 0 Å². The van der Waals surface area contributed by atoms with Gasteiger partial charge in [-0.3, -0.25) is 0 Å². The lowest BCUT2D eigenvalue weighted by Gasteiger charge is -2.09. The van der Waals surface area contributed by atoms with Gasteiger partial charge in [-0.2, -0.15) is 0 Å². The van der Waals surface area contributed by atoms with Gasteiger partial charge in [0.1, 0.15) is 0 Å². The quantitative estimate of drug-likeness (QED) is 0.852. The smallest absolute Gasteiger partial charge is 0.181 e. The molecule has 1 fully saturated rings. The molecule has 21 heavy (non-hydrogen) atoms. The number of benzene rings is 2. The summed E-state index contributed by atoms with van der Waals surface area (Å²) in [6.07, 6.45) is 1.51. The Hall–Kier alpha value is -1.23. The van der Waals surface area contributed by atoms with Crippen molar-refractivity contribution in [3.63, 3.8) is 0 Å². The van der Waals surface area contributed by atoms with Gasteiger partial charge in [0.2, 0.25) is 0 Å². The molecule has 0 heterocycles. The van der Waals surface area contributed by atoms with Gasteiger partial charge in [0.25, 0.3) is 0 Å². The minimum Gasteiger partial charge on any atom is -0.397 e. The largest absolute Gasteiger partial charge is 0.397 e. The molecule has 1 aliphatic rings. The van der Waals surface area contributed by atoms with Crippen molar-refractivity contribution in [3.05, 3.63) is 46.4 Å². The lowest BCUT2D eigenvalue weighted by atomic mass is 10.1. The van der Waals surface area contributed by atoms with Crippen molar-refractivity contribution in [3.8, 4) is 11.1 Å². The van der Waals surface area contributed by atoms with Crippen LogP contribution in [0.3, 0.4) is 0 Å². The summed E-state index contributed by atoms with van der Waals surface area (Å²) in [5.74, 6) is 0. The Morgan fingerprint density at radius 2 is 1.57 bits per heavy atom. The maximum atomic E-state index is 12.1. The first-order chi connectivity index (χ1) is 9.91. The van der Waals surface area contributed by atoms with Crippen molar-refractivity contribution in [2.24, 2.45) is 0 Å². The molecular weight excluding hydrogens is 329 g/mol. The van der Waals surface area contributed by atoms with Crippen LogP contribution >= 0.6 is 23.2 Å². The van der Waals surface area contributed by atoms with Crippen molar-refractivity contribution >= 4 is 38.7 Å². The second-order valence-electron chi connectivity index (χ2n) is 5.10. The van der Waals surface area contributed by atoms with E-state index in [2.05, 4.69) is 0 Å². The van der Waals surface area contributed by atoms with Crippen LogP contribution < -0.4 is 5.73 Å². The van der Waals surface area contributed by atoms with Gasteiger partial charge in [0.15, 0.2) is 9.84 Å². The van der Waals surface area contributed by atoms with Crippen LogP contribution in [-0.2, 0) is 9.84 Å². The highest BCUT2D eigenvalue weighted by Crippen LogP contribution is 2.38. The average Bonchev–Trinajstić information content (AvgIpc) is 3.30. The normalized spacial score (nSPS) is 15.1. The van der Waals surface area contributed by atoms with E-state index in [0.717, 1.165) is 24.0 Å². The van der Waals surface area contributed by atoms with Gasteiger partial charge in [-0.05, 0) is 36.6 Å². The molecule has 3 nitrogen and oxygen atoms in total. The summed E-state index contributed by atoms with van der Waals surface area (Å²) in [6.45, 7) is 0. The minimum absolute atomic E-state index is 0.210. The Balaban J connectivity index is 2.00. The van der Waals surface area contributed by atoms with E-state index in [-0.39, 0.29) is 5.25 Å². The maximum absolute atomic E-state index is 12.1. The summed E-state index contributed by atoms with van der Waals surface area (Å²) in [4.78, 5) is 0.353. The van der Waals surface area contributed by atoms with Gasteiger partial charge < -0.3 is 5.73 Å². The Morgan fingerprint density at radius 3 is 2.14 bits per heavy atom. The van der Waals surface area contributed by atoms with E-state index in [9.17, 15) is 8.42 Å². The van der Waals surface area contributed by atoms with Gasteiger partial charge in [0, 0.05) is 5.56 Å². The van der Waals surface area contributed by atoms with Gasteiger partial charge in [-0.1, -0.05) is 41.4 Å². The molecule has 3 rings (SSSR count). The first-order valence-corrected chi connectivity index (χ1v) is 8.79. The molecule has 0 atom stereocenters. The van der Waals surface area contributed by atoms with E-state index in [1.165, 1.54) is 0 Å². The lowest BCUT2D eigenvalue weighted by molar-refractivity contribution is 0.595. The van der Waals surface area contributed by atoms with Crippen molar-refractivity contribution < 1.29 is 8.42 Å². The molecule has 0 aliphatic heterocycles. The molecule has 6 heteroatoms. The molecule has 1 saturated carbocycles. The van der Waals surface area contributed by atoms with Gasteiger partial charge >= 0.3 is 0 Å². The topological polar surface area (TPSA) is 60.2 Å². The third-order valence-corrected chi connectivity index (χ3v) is 6.74. The zero-order valence-corrected chi connectivity index (χ0v) is 13.3. The monoisotopic (exact) mass is 341 g/mol. The molecule has 2 N–H and O–H groups in total. The zero-order chi connectivity index (χ0) is 15.2. The van der Waals surface area contributed by atoms with Crippen LogP contribution in [0.25, 0.3) is 11.1 Å². The van der Waals surface area contributed by atoms with Crippen molar-refractivity contribution in [1.82, 2.24) is 0 Å². The molecule has 0 radical (unpaired) electrons. The van der Waals surface area contributed by atoms with E-state index in [1.54, 1.807) is 36.4 Å². The average molecular weight is 342 g/mol. The standard InChI is InChI=1S/C15H13Cl2NO2S/c16-14-12(7-8-13(18)15(14)17)9-1-3-10(4-2-9)21(19,20)11-5-6-11/h1-4,7-8,11H,5-6,18H2. The highest BCUT2D eigenvalue weighted by molar-refractivity contribution is 7.92. The first kappa shape index (κ1) is 14.7. The predicted molar refractivity (Wildman–Crippen MR) is 86.5 cm³/mol. The van der Waals surface area contributed by atoms with E-state index in [4.69, 9.17) is 28.9 Å². The molecule has 0 unspecified atom stereocenters. The third kappa shape index (κ3) is 2.63. The number of nitrogens with two attached hydrogens (primary N) is 1. The summed E-state index contributed by atoms with van der Waals surface area (Å²) < 4.78 is 24.3. The van der Waals surface area contributed by atoms with Crippen LogP contribution in [0.1, 0.15) is 12.8 Å². The van der Waals surface area contributed by atoms with Gasteiger partial charge in [-0.25, -0.2) is 8.42 Å². The predicted octanol–water partition coefficient (Wildman–Crippen LogP) is 4.18. The van der Waals surface area contributed by atoms with Crippen LogP contribution in [0.2, 0.25) is 10.0 Å². The Bertz CT molecular complexity index is 797. The first-order valence-electron chi connectivity index (χ1n) is 6.49. The lowest BCUT2D eigenvalue weighted by Crippen LogP contribution is -2.06. The van der Waals surface area contributed by atoms with Crippen LogP contribution in [0.5, 0.6) is 0 Å². The Morgan fingerprint density at radius 1 is 0.952 bits per heavy atom. The van der Waals surface area contributed by atoms with Crippen LogP contribution in [0.4, 0.5) is 5.69 Å². The number of hydrogen-bond acceptors (Lipinski definition) is 3. The van der Waals surface area contributed by atoms with Crippen LogP contribution in [0, 0.1) is 0 Å². The number of rotatable bonds is 3. The number of halogens is 2. The third-order valence-electron chi connectivity index (χ3n) is 3.57. The molecule has 0 amide bonds. The van der Waals surface area contributed by atoms with Crippen molar-refractivity contribution in [2.75, 3.05) is 5.73 Å². The zero-order valence-electron chi connectivity index (χ0n) is 11.0. The van der Waals surface area contributed by atoms with Crippen LogP contribution in [-0.4, -0.2) is 13.7 Å². The molecule has 2 aromatic carbocycles. The molecule has 0 aromatic heterocycles. The Kier molecular flexibility index (Phi) is 3.64. The molecule has 0 spiro atoms. The highest BCUT2D eigenvalue weighted by atomic mass is 35.5. The fourth-order valence-corrected chi connectivity index (χ4v) is 4.29. The molecule has 0 saturated heterocycles. The van der Waals surface area contributed by atoms with E-state index in [1.807, 2.05) is 0 Å². The molecule has 110 valence electrons. The minimum atomic E-state index is -3.17. The second kappa shape index (κ2) is 5.20. The summed E-state index contributed by atoms with van der Waals surface area (Å²) in [6, 6.07) is 10.2. The number of nitrogen functional groups attached to an aromatic ring is 1. The molecular formula is C15H13Cl2NO2S. The summed E-state index contributed by atoms with van der Waals surface area (Å²) in [7, 11) is -3.17. The summed E-state index contributed by atoms with van der Waals surface area (Å²) >= 11 is 12.2. The molecule has 2 aromatic rings. The summed E-state index contributed by atoms with van der Waals surface area (Å²) in [5.41, 5.74) is 7.64. The number of hydrogen-bond donors (Lipinski definition) is 1. The van der Waals surface area contributed by atoms with Crippen LogP contribution in [0.15, 0.2) is 41.3 Å². The molecule has 1 aliphatic carbocycles. The van der Waals surface area contributed by atoms with E-state index < -0.39 is 9.84 Å². The molecule has 0 bridgehead atoms. The van der Waals surface area contributed by atoms with Gasteiger partial charge in [0.05, 0.1) is 25.9 Å². The van der Waals surface area contributed by atoms with Gasteiger partial charge in [-0.15, -0.1) is 0 Å². The van der Waals surface area contributed by atoms with E-state index in [0.29, 0.717) is 20.6 Å². The van der Waals surface area contributed by atoms with Crippen molar-refractivity contribution in [2.45, 2.75) is 23.0 Å². The number of sulfone groups is 1. The SMILES string of the molecule is Nc1ccc(-c2ccc(S(=O)(=O)C3CC3)cc2)c(Cl)c1Cl. The second-order valence-corrected chi connectivity index (χ2v) is 8.08. The Labute approximate surface area is 133 Å². The fraction of sp³-hybridized carbons (Fsp3) is 0.200. The van der Waals surface area contributed by atoms with Crippen molar-refractivity contribution in [1.29, 1.82) is 0 Å².